The van der Waals surface area contributed by atoms with Gasteiger partial charge in [0.2, 0.25) is 0 Å². The van der Waals surface area contributed by atoms with Crippen molar-refractivity contribution in [2.24, 2.45) is 0 Å². The minimum Gasteiger partial charge on any atom is -0.318 e. The molecule has 1 aliphatic heterocycles. The largest absolute Gasteiger partial charge is 0.318 e. The van der Waals surface area contributed by atoms with Crippen molar-refractivity contribution in [3.05, 3.63) is 56.7 Å². The van der Waals surface area contributed by atoms with Crippen LogP contribution in [0.2, 0.25) is 0 Å². The zero-order valence-electron chi connectivity index (χ0n) is 12.0. The van der Waals surface area contributed by atoms with Gasteiger partial charge in [0.05, 0.1) is 4.91 Å². The Morgan fingerprint density at radius 2 is 1.86 bits per heavy atom. The normalized spacial score (nSPS) is 16.4. The van der Waals surface area contributed by atoms with Gasteiger partial charge in [-0.3, -0.25) is 14.9 Å². The fourth-order valence-electron chi connectivity index (χ4n) is 2.48. The average Bonchev–Trinajstić information content (AvgIpc) is 2.92. The highest BCUT2D eigenvalue weighted by Crippen LogP contribution is 2.29. The standard InChI is InChI=1S/C16H13BrN2O2S/c1-9-7-11(8-14-15(20)18-16(21)22-14)10(2)19(9)13-5-3-12(17)4-6-13/h3-8H,1-2H3,(H,18,20,21)/b14-8-. The van der Waals surface area contributed by atoms with Crippen molar-refractivity contribution in [1.82, 2.24) is 9.88 Å². The molecule has 1 saturated heterocycles. The van der Waals surface area contributed by atoms with E-state index in [0.717, 1.165) is 38.9 Å². The lowest BCUT2D eigenvalue weighted by atomic mass is 10.2. The van der Waals surface area contributed by atoms with E-state index >= 15 is 0 Å². The maximum Gasteiger partial charge on any atom is 0.290 e. The van der Waals surface area contributed by atoms with Crippen LogP contribution in [0.4, 0.5) is 4.79 Å². The first-order valence-corrected chi connectivity index (χ1v) is 8.26. The SMILES string of the molecule is Cc1cc(/C=C2\SC(=O)NC2=O)c(C)n1-c1ccc(Br)cc1. The van der Waals surface area contributed by atoms with E-state index in [2.05, 4.69) is 25.8 Å². The van der Waals surface area contributed by atoms with Crippen molar-refractivity contribution in [2.45, 2.75) is 13.8 Å². The van der Waals surface area contributed by atoms with Crippen LogP contribution in [0.1, 0.15) is 17.0 Å². The maximum absolute atomic E-state index is 11.7. The lowest BCUT2D eigenvalue weighted by Gasteiger charge is -2.09. The molecule has 4 nitrogen and oxygen atoms in total. The van der Waals surface area contributed by atoms with Gasteiger partial charge in [-0.2, -0.15) is 0 Å². The van der Waals surface area contributed by atoms with Crippen molar-refractivity contribution in [2.75, 3.05) is 0 Å². The highest BCUT2D eigenvalue weighted by molar-refractivity contribution is 9.10. The van der Waals surface area contributed by atoms with Gasteiger partial charge in [0.15, 0.2) is 0 Å². The molecular formula is C16H13BrN2O2S. The molecule has 0 aliphatic carbocycles. The topological polar surface area (TPSA) is 51.1 Å². The summed E-state index contributed by atoms with van der Waals surface area (Å²) in [5.74, 6) is -0.330. The van der Waals surface area contributed by atoms with Gasteiger partial charge >= 0.3 is 0 Å². The third-order valence-corrected chi connectivity index (χ3v) is 4.82. The van der Waals surface area contributed by atoms with Crippen LogP contribution in [0.25, 0.3) is 11.8 Å². The molecule has 0 spiro atoms. The molecule has 1 fully saturated rings. The molecule has 2 heterocycles. The van der Waals surface area contributed by atoms with Gasteiger partial charge in [-0.15, -0.1) is 0 Å². The maximum atomic E-state index is 11.7. The van der Waals surface area contributed by atoms with Gasteiger partial charge in [0, 0.05) is 21.5 Å². The number of aryl methyl sites for hydroxylation is 1. The van der Waals surface area contributed by atoms with Gasteiger partial charge in [0.1, 0.15) is 0 Å². The van der Waals surface area contributed by atoms with Crippen molar-refractivity contribution >= 4 is 44.9 Å². The molecule has 0 saturated carbocycles. The summed E-state index contributed by atoms with van der Waals surface area (Å²) in [5, 5.41) is 1.95. The van der Waals surface area contributed by atoms with Gasteiger partial charge in [-0.05, 0) is 67.6 Å². The molecule has 22 heavy (non-hydrogen) atoms. The highest BCUT2D eigenvalue weighted by Gasteiger charge is 2.25. The van der Waals surface area contributed by atoms with Crippen LogP contribution in [-0.4, -0.2) is 15.7 Å². The summed E-state index contributed by atoms with van der Waals surface area (Å²) < 4.78 is 3.15. The third-order valence-electron chi connectivity index (χ3n) is 3.48. The summed E-state index contributed by atoms with van der Waals surface area (Å²) in [4.78, 5) is 23.3. The molecule has 2 aromatic rings. The van der Waals surface area contributed by atoms with Crippen molar-refractivity contribution < 1.29 is 9.59 Å². The minimum atomic E-state index is -0.330. The Morgan fingerprint density at radius 3 is 2.45 bits per heavy atom. The molecule has 2 amide bonds. The number of imide groups is 1. The number of carbonyl (C=O) groups is 2. The lowest BCUT2D eigenvalue weighted by Crippen LogP contribution is -2.17. The van der Waals surface area contributed by atoms with Crippen LogP contribution in [0.3, 0.4) is 0 Å². The van der Waals surface area contributed by atoms with E-state index in [9.17, 15) is 9.59 Å². The van der Waals surface area contributed by atoms with Crippen molar-refractivity contribution in [1.29, 1.82) is 0 Å². The predicted molar refractivity (Wildman–Crippen MR) is 92.0 cm³/mol. The number of hydrogen-bond acceptors (Lipinski definition) is 3. The van der Waals surface area contributed by atoms with Crippen LogP contribution >= 0.6 is 27.7 Å². The van der Waals surface area contributed by atoms with E-state index in [0.29, 0.717) is 4.91 Å². The Balaban J connectivity index is 2.04. The summed E-state index contributed by atoms with van der Waals surface area (Å²) >= 11 is 4.37. The van der Waals surface area contributed by atoms with E-state index in [1.165, 1.54) is 0 Å². The first kappa shape index (κ1) is 15.1. The van der Waals surface area contributed by atoms with Gasteiger partial charge in [0.25, 0.3) is 11.1 Å². The van der Waals surface area contributed by atoms with E-state index in [1.807, 2.05) is 44.2 Å². The number of hydrogen-bond donors (Lipinski definition) is 1. The molecule has 1 aromatic carbocycles. The smallest absolute Gasteiger partial charge is 0.290 e. The second kappa shape index (κ2) is 5.78. The molecule has 1 aromatic heterocycles. The molecule has 1 aliphatic rings. The minimum absolute atomic E-state index is 0.321. The summed E-state index contributed by atoms with van der Waals surface area (Å²) in [6.45, 7) is 4.02. The molecule has 112 valence electrons. The first-order valence-electron chi connectivity index (χ1n) is 6.65. The molecule has 1 N–H and O–H groups in total. The molecule has 0 atom stereocenters. The quantitative estimate of drug-likeness (QED) is 0.799. The Labute approximate surface area is 140 Å². The van der Waals surface area contributed by atoms with E-state index < -0.39 is 0 Å². The number of benzene rings is 1. The molecule has 0 unspecified atom stereocenters. The summed E-state index contributed by atoms with van der Waals surface area (Å²) in [5.41, 5.74) is 4.09. The zero-order valence-corrected chi connectivity index (χ0v) is 14.4. The number of halogens is 1. The number of thioether (sulfide) groups is 1. The van der Waals surface area contributed by atoms with E-state index in [4.69, 9.17) is 0 Å². The predicted octanol–water partition coefficient (Wildman–Crippen LogP) is 4.18. The lowest BCUT2D eigenvalue weighted by molar-refractivity contribution is -0.115. The van der Waals surface area contributed by atoms with Crippen LogP contribution < -0.4 is 5.32 Å². The Kier molecular flexibility index (Phi) is 3.97. The van der Waals surface area contributed by atoms with E-state index in [-0.39, 0.29) is 11.1 Å². The van der Waals surface area contributed by atoms with Crippen LogP contribution in [0.5, 0.6) is 0 Å². The average molecular weight is 377 g/mol. The van der Waals surface area contributed by atoms with E-state index in [1.54, 1.807) is 6.08 Å². The number of aromatic nitrogens is 1. The molecule has 6 heteroatoms. The van der Waals surface area contributed by atoms with Gasteiger partial charge in [-0.1, -0.05) is 15.9 Å². The zero-order chi connectivity index (χ0) is 15.9. The second-order valence-electron chi connectivity index (χ2n) is 4.99. The van der Waals surface area contributed by atoms with Crippen LogP contribution in [-0.2, 0) is 4.79 Å². The number of carbonyl (C=O) groups excluding carboxylic acids is 2. The highest BCUT2D eigenvalue weighted by atomic mass is 79.9. The first-order chi connectivity index (χ1) is 10.5. The third kappa shape index (κ3) is 2.76. The molecular weight excluding hydrogens is 364 g/mol. The van der Waals surface area contributed by atoms with Crippen molar-refractivity contribution in [3.8, 4) is 5.69 Å². The Bertz CT molecular complexity index is 806. The number of nitrogens with one attached hydrogen (secondary N) is 1. The number of amides is 2. The summed E-state index contributed by atoms with van der Waals surface area (Å²) in [7, 11) is 0. The monoisotopic (exact) mass is 376 g/mol. The van der Waals surface area contributed by atoms with Crippen molar-refractivity contribution in [3.63, 3.8) is 0 Å². The van der Waals surface area contributed by atoms with Gasteiger partial charge < -0.3 is 4.57 Å². The fraction of sp³-hybridized carbons (Fsp3) is 0.125. The summed E-state index contributed by atoms with van der Waals surface area (Å²) in [6.07, 6.45) is 1.77. The van der Waals surface area contributed by atoms with Crippen LogP contribution in [0.15, 0.2) is 39.7 Å². The number of nitrogens with zero attached hydrogens (tertiary/aromatic N) is 1. The van der Waals surface area contributed by atoms with Crippen LogP contribution in [0, 0.1) is 13.8 Å². The Hall–Kier alpha value is -1.79. The van der Waals surface area contributed by atoms with Gasteiger partial charge in [-0.25, -0.2) is 0 Å². The fourth-order valence-corrected chi connectivity index (χ4v) is 3.42. The molecule has 3 rings (SSSR count). The Morgan fingerprint density at radius 1 is 1.18 bits per heavy atom. The molecule has 0 radical (unpaired) electrons. The summed E-state index contributed by atoms with van der Waals surface area (Å²) in [6, 6.07) is 10.1. The number of rotatable bonds is 2. The molecule has 0 bridgehead atoms. The second-order valence-corrected chi connectivity index (χ2v) is 6.92.